The number of nitrogens with zero attached hydrogens (tertiary/aromatic N) is 1. The Balaban J connectivity index is 5.36. The molecule has 0 heterocycles. The number of ether oxygens (including phenoxy) is 1. The molecule has 0 saturated carbocycles. The van der Waals surface area contributed by atoms with E-state index in [1.54, 1.807) is 0 Å². The van der Waals surface area contributed by atoms with Crippen molar-refractivity contribution >= 4 is 19.7 Å². The van der Waals surface area contributed by atoms with E-state index in [0.29, 0.717) is 23.9 Å². The molecule has 0 aliphatic rings. The number of nitrogens with one attached hydrogen (secondary N) is 1. The maximum absolute atomic E-state index is 13.5. The van der Waals surface area contributed by atoms with Gasteiger partial charge < -0.3 is 19.4 Å². The molecular formula is C60H108N2O7P+. The van der Waals surface area contributed by atoms with Gasteiger partial charge in [-0.15, -0.1) is 0 Å². The molecule has 2 N–H and O–H groups in total. The molecule has 10 heteroatoms. The van der Waals surface area contributed by atoms with Gasteiger partial charge in [-0.1, -0.05) is 202 Å². The molecule has 0 aromatic carbocycles. The number of unbranched alkanes of at least 4 members (excludes halogenated alkanes) is 22. The summed E-state index contributed by atoms with van der Waals surface area (Å²) < 4.78 is 30.6. The van der Waals surface area contributed by atoms with E-state index >= 15 is 0 Å². The number of carbonyl (C=O) groups is 2. The minimum atomic E-state index is -4.46. The number of amides is 1. The highest BCUT2D eigenvalue weighted by Crippen LogP contribution is 2.43. The van der Waals surface area contributed by atoms with E-state index in [2.05, 4.69) is 99.0 Å². The van der Waals surface area contributed by atoms with Crippen LogP contribution in [0.5, 0.6) is 0 Å². The lowest BCUT2D eigenvalue weighted by atomic mass is 10.1. The van der Waals surface area contributed by atoms with Crippen molar-refractivity contribution in [3.63, 3.8) is 0 Å². The second-order valence-corrected chi connectivity index (χ2v) is 21.5. The Morgan fingerprint density at radius 2 is 0.914 bits per heavy atom. The highest BCUT2D eigenvalue weighted by Gasteiger charge is 2.30. The second-order valence-electron chi connectivity index (χ2n) is 20.1. The standard InChI is InChI=1S/C60H107N2O7P/c1-7-10-13-16-19-22-25-27-29-30-31-32-33-35-38-41-44-47-50-53-60(64)69-58(51-48-45-42-39-36-24-21-18-15-12-9-3)57(56-68-70(65,66)67-55-54-62(4,5)6)61-59(63)52-49-46-43-40-37-34-28-26-23-20-17-14-11-8-2/h11,14,19-20,22-23,27-29,31-32,34,48,51,57-58H,7-10,12-13,15-18,21,24-26,30,33,35-47,49-50,52-56H2,1-6H3,(H-,61,63,65,66)/p+1/b14-11+,22-19-,23-20+,29-27-,32-31-,34-28+,51-48+. The molecule has 0 radical (unpaired) electrons. The van der Waals surface area contributed by atoms with Gasteiger partial charge in [-0.25, -0.2) is 4.57 Å². The lowest BCUT2D eigenvalue weighted by Crippen LogP contribution is -2.47. The van der Waals surface area contributed by atoms with Gasteiger partial charge in [0.1, 0.15) is 19.3 Å². The molecule has 404 valence electrons. The van der Waals surface area contributed by atoms with E-state index in [1.807, 2.05) is 33.3 Å². The van der Waals surface area contributed by atoms with Gasteiger partial charge in [0.05, 0.1) is 33.8 Å². The Kier molecular flexibility index (Phi) is 47.8. The van der Waals surface area contributed by atoms with E-state index < -0.39 is 20.0 Å². The maximum Gasteiger partial charge on any atom is 0.472 e. The molecule has 9 nitrogen and oxygen atoms in total. The first kappa shape index (κ1) is 67.2. The van der Waals surface area contributed by atoms with Crippen LogP contribution in [0.2, 0.25) is 0 Å². The topological polar surface area (TPSA) is 111 Å². The van der Waals surface area contributed by atoms with Crippen molar-refractivity contribution in [3.05, 3.63) is 85.1 Å². The largest absolute Gasteiger partial charge is 0.472 e. The van der Waals surface area contributed by atoms with Crippen molar-refractivity contribution in [2.24, 2.45) is 0 Å². The second kappa shape index (κ2) is 49.8. The molecular weight excluding hydrogens is 892 g/mol. The van der Waals surface area contributed by atoms with Gasteiger partial charge >= 0.3 is 13.8 Å². The number of likely N-dealkylation sites (N-methyl/N-ethyl adjacent to an activating group) is 1. The van der Waals surface area contributed by atoms with Crippen molar-refractivity contribution in [2.75, 3.05) is 40.9 Å². The van der Waals surface area contributed by atoms with E-state index in [4.69, 9.17) is 13.8 Å². The molecule has 0 rings (SSSR count). The summed E-state index contributed by atoms with van der Waals surface area (Å²) in [5, 5.41) is 3.03. The Labute approximate surface area is 431 Å². The van der Waals surface area contributed by atoms with Gasteiger partial charge in [-0.3, -0.25) is 18.6 Å². The fourth-order valence-electron chi connectivity index (χ4n) is 7.67. The zero-order valence-corrected chi connectivity index (χ0v) is 46.9. The van der Waals surface area contributed by atoms with Crippen LogP contribution in [0.25, 0.3) is 0 Å². The molecule has 0 spiro atoms. The van der Waals surface area contributed by atoms with Gasteiger partial charge in [0.2, 0.25) is 5.91 Å². The highest BCUT2D eigenvalue weighted by molar-refractivity contribution is 7.47. The minimum Gasteiger partial charge on any atom is -0.456 e. The highest BCUT2D eigenvalue weighted by atomic mass is 31.2. The molecule has 0 aliphatic heterocycles. The van der Waals surface area contributed by atoms with Crippen molar-refractivity contribution in [1.29, 1.82) is 0 Å². The predicted octanol–water partition coefficient (Wildman–Crippen LogP) is 17.0. The van der Waals surface area contributed by atoms with Crippen LogP contribution in [-0.2, 0) is 27.9 Å². The van der Waals surface area contributed by atoms with Crippen LogP contribution in [0.1, 0.15) is 233 Å². The minimum absolute atomic E-state index is 0.0295. The summed E-state index contributed by atoms with van der Waals surface area (Å²) in [5.41, 5.74) is 0. The van der Waals surface area contributed by atoms with Crippen molar-refractivity contribution < 1.29 is 37.3 Å². The van der Waals surface area contributed by atoms with E-state index in [1.165, 1.54) is 83.5 Å². The molecule has 0 aliphatic carbocycles. The van der Waals surface area contributed by atoms with Gasteiger partial charge in [-0.05, 0) is 102 Å². The molecule has 0 saturated heterocycles. The Hall–Kier alpha value is -2.81. The average Bonchev–Trinajstić information content (AvgIpc) is 3.32. The van der Waals surface area contributed by atoms with Gasteiger partial charge in [-0.2, -0.15) is 0 Å². The third kappa shape index (κ3) is 50.1. The number of rotatable bonds is 50. The number of quaternary nitrogens is 1. The summed E-state index contributed by atoms with van der Waals surface area (Å²) in [6, 6.07) is -0.868. The summed E-state index contributed by atoms with van der Waals surface area (Å²) >= 11 is 0. The van der Waals surface area contributed by atoms with Crippen LogP contribution >= 0.6 is 7.82 Å². The normalized spacial score (nSPS) is 14.4. The van der Waals surface area contributed by atoms with Crippen LogP contribution in [0.4, 0.5) is 0 Å². The third-order valence-electron chi connectivity index (χ3n) is 12.1. The average molecular weight is 1000 g/mol. The van der Waals surface area contributed by atoms with Crippen LogP contribution in [0, 0.1) is 0 Å². The smallest absolute Gasteiger partial charge is 0.456 e. The van der Waals surface area contributed by atoms with Crippen LogP contribution in [-0.4, -0.2) is 74.3 Å². The molecule has 0 fully saturated rings. The fraction of sp³-hybridized carbons (Fsp3) is 0.733. The number of esters is 1. The summed E-state index contributed by atoms with van der Waals surface area (Å²) in [5.74, 6) is -0.551. The number of hydrogen-bond acceptors (Lipinski definition) is 6. The van der Waals surface area contributed by atoms with E-state index in [-0.39, 0.29) is 31.5 Å². The molecule has 0 aromatic heterocycles. The number of allylic oxidation sites excluding steroid dienone is 13. The van der Waals surface area contributed by atoms with Crippen LogP contribution in [0.15, 0.2) is 85.1 Å². The fourth-order valence-corrected chi connectivity index (χ4v) is 8.40. The van der Waals surface area contributed by atoms with Gasteiger partial charge in [0.25, 0.3) is 0 Å². The third-order valence-corrected chi connectivity index (χ3v) is 13.1. The lowest BCUT2D eigenvalue weighted by molar-refractivity contribution is -0.870. The first-order valence-corrected chi connectivity index (χ1v) is 29.9. The molecule has 3 unspecified atom stereocenters. The zero-order valence-electron chi connectivity index (χ0n) is 46.0. The maximum atomic E-state index is 13.5. The SMILES string of the molecule is CC/C=C/C/C=C/C/C=C/CCCCCCC(=O)NC(COP(=O)(O)OCC[N+](C)(C)C)C(/C=C/CCCCCCCCCCC)OC(=O)CCCCCCCC/C=C\C/C=C\C/C=C\CCCCC. The molecule has 1 amide bonds. The Bertz CT molecular complexity index is 1480. The van der Waals surface area contributed by atoms with Gasteiger partial charge in [0, 0.05) is 12.8 Å². The van der Waals surface area contributed by atoms with Crippen molar-refractivity contribution in [3.8, 4) is 0 Å². The Morgan fingerprint density at radius 3 is 1.40 bits per heavy atom. The van der Waals surface area contributed by atoms with Crippen LogP contribution in [0.3, 0.4) is 0 Å². The summed E-state index contributed by atoms with van der Waals surface area (Å²) in [6.07, 6.45) is 64.3. The first-order chi connectivity index (χ1) is 33.9. The molecule has 70 heavy (non-hydrogen) atoms. The predicted molar refractivity (Wildman–Crippen MR) is 300 cm³/mol. The lowest BCUT2D eigenvalue weighted by Gasteiger charge is -2.27. The van der Waals surface area contributed by atoms with Gasteiger partial charge in [0.15, 0.2) is 0 Å². The molecule has 0 bridgehead atoms. The monoisotopic (exact) mass is 1000 g/mol. The summed E-state index contributed by atoms with van der Waals surface area (Å²) in [7, 11) is 1.46. The van der Waals surface area contributed by atoms with Crippen molar-refractivity contribution in [2.45, 2.75) is 245 Å². The number of phosphoric acid groups is 1. The molecule has 0 aromatic rings. The first-order valence-electron chi connectivity index (χ1n) is 28.4. The van der Waals surface area contributed by atoms with E-state index in [0.717, 1.165) is 109 Å². The number of carbonyl (C=O) groups excluding carboxylic acids is 2. The van der Waals surface area contributed by atoms with Crippen LogP contribution < -0.4 is 5.32 Å². The number of hydrogen-bond donors (Lipinski definition) is 2. The summed E-state index contributed by atoms with van der Waals surface area (Å²) in [4.78, 5) is 37.5. The molecule has 3 atom stereocenters. The Morgan fingerprint density at radius 1 is 0.514 bits per heavy atom. The van der Waals surface area contributed by atoms with Crippen molar-refractivity contribution in [1.82, 2.24) is 5.32 Å². The zero-order chi connectivity index (χ0) is 51.5. The summed E-state index contributed by atoms with van der Waals surface area (Å²) in [6.45, 7) is 6.82. The van der Waals surface area contributed by atoms with E-state index in [9.17, 15) is 19.0 Å². The quantitative estimate of drug-likeness (QED) is 0.0205. The number of phosphoric ester groups is 1.